The van der Waals surface area contributed by atoms with Gasteiger partial charge in [-0.1, -0.05) is 163 Å². The van der Waals surface area contributed by atoms with Crippen molar-refractivity contribution in [2.45, 2.75) is 316 Å². The van der Waals surface area contributed by atoms with Crippen LogP contribution < -0.4 is 0 Å². The van der Waals surface area contributed by atoms with E-state index in [-0.39, 0.29) is 42.4 Å². The minimum Gasteiger partial charge on any atom is -0.462 e. The molecule has 392 valence electrons. The molecule has 0 aliphatic rings. The summed E-state index contributed by atoms with van der Waals surface area (Å²) < 4.78 is 18.3. The summed E-state index contributed by atoms with van der Waals surface area (Å²) in [5.74, 6) is -0.0316. The maximum absolute atomic E-state index is 13.7. The average molecular weight is 938 g/mol. The van der Waals surface area contributed by atoms with Gasteiger partial charge in [0.25, 0.3) is 0 Å². The first-order chi connectivity index (χ1) is 32.1. The third-order valence-electron chi connectivity index (χ3n) is 13.4. The summed E-state index contributed by atoms with van der Waals surface area (Å²) in [6, 6.07) is 0. The summed E-state index contributed by atoms with van der Waals surface area (Å²) in [5.41, 5.74) is 0. The summed E-state index contributed by atoms with van der Waals surface area (Å²) in [7, 11) is 4.12. The molecule has 0 aromatic rings. The molecule has 0 aliphatic heterocycles. The molecule has 0 saturated carbocycles. The number of aliphatic hydroxyl groups excluding tert-OH is 1. The molecule has 1 atom stereocenters. The number of amides is 1. The maximum Gasteiger partial charge on any atom is 0.410 e. The Morgan fingerprint density at radius 3 is 1.05 bits per heavy atom. The van der Waals surface area contributed by atoms with Gasteiger partial charge in [-0.2, -0.15) is 0 Å². The SMILES string of the molecule is CCCCCCC(CCCCCC)OC(=O)CCCCCCCCC(CCCCCCCCC(=O)OC(CCCCCC)CCCCCC)OC(=O)N(CCCC(O)CC)CCCN(C)C. The van der Waals surface area contributed by atoms with Crippen molar-refractivity contribution in [1.82, 2.24) is 9.80 Å². The second kappa shape index (κ2) is 48.2. The van der Waals surface area contributed by atoms with Crippen LogP contribution in [0.5, 0.6) is 0 Å². The van der Waals surface area contributed by atoms with Crippen LogP contribution in [-0.2, 0) is 23.8 Å². The predicted molar refractivity (Wildman–Crippen MR) is 279 cm³/mol. The largest absolute Gasteiger partial charge is 0.462 e. The number of hydrogen-bond acceptors (Lipinski definition) is 8. The number of nitrogens with zero attached hydrogens (tertiary/aromatic N) is 2. The number of ether oxygens (including phenoxy) is 3. The van der Waals surface area contributed by atoms with Gasteiger partial charge >= 0.3 is 18.0 Å². The molecule has 0 saturated heterocycles. The van der Waals surface area contributed by atoms with Crippen LogP contribution in [0.1, 0.15) is 291 Å². The third-order valence-corrected chi connectivity index (χ3v) is 13.4. The first-order valence-corrected chi connectivity index (χ1v) is 28.8. The second-order valence-corrected chi connectivity index (χ2v) is 20.3. The molecule has 0 heterocycles. The number of unbranched alkanes of at least 4 members (excludes halogenated alkanes) is 22. The summed E-state index contributed by atoms with van der Waals surface area (Å²) in [6.07, 6.45) is 41.4. The lowest BCUT2D eigenvalue weighted by molar-refractivity contribution is -0.151. The highest BCUT2D eigenvalue weighted by molar-refractivity contribution is 5.70. The van der Waals surface area contributed by atoms with Crippen LogP contribution in [0.15, 0.2) is 0 Å². The Morgan fingerprint density at radius 2 is 0.697 bits per heavy atom. The molecule has 0 rings (SSSR count). The van der Waals surface area contributed by atoms with E-state index in [1.807, 2.05) is 11.8 Å². The van der Waals surface area contributed by atoms with Gasteiger partial charge in [0, 0.05) is 25.9 Å². The molecule has 0 aromatic carbocycles. The van der Waals surface area contributed by atoms with E-state index in [2.05, 4.69) is 46.7 Å². The molecule has 0 radical (unpaired) electrons. The summed E-state index contributed by atoms with van der Waals surface area (Å²) in [4.78, 5) is 43.3. The van der Waals surface area contributed by atoms with E-state index in [9.17, 15) is 19.5 Å². The van der Waals surface area contributed by atoms with Crippen molar-refractivity contribution in [2.75, 3.05) is 33.7 Å². The lowest BCUT2D eigenvalue weighted by atomic mass is 10.0. The molecule has 0 spiro atoms. The first-order valence-electron chi connectivity index (χ1n) is 28.8. The fourth-order valence-electron chi connectivity index (χ4n) is 8.98. The summed E-state index contributed by atoms with van der Waals surface area (Å²) >= 11 is 0. The van der Waals surface area contributed by atoms with Gasteiger partial charge in [-0.05, 0) is 136 Å². The van der Waals surface area contributed by atoms with Gasteiger partial charge in [-0.25, -0.2) is 4.79 Å². The van der Waals surface area contributed by atoms with Gasteiger partial charge < -0.3 is 29.1 Å². The van der Waals surface area contributed by atoms with Crippen molar-refractivity contribution in [3.05, 3.63) is 0 Å². The van der Waals surface area contributed by atoms with Gasteiger partial charge in [0.05, 0.1) is 6.10 Å². The zero-order valence-corrected chi connectivity index (χ0v) is 45.0. The van der Waals surface area contributed by atoms with Crippen molar-refractivity contribution in [1.29, 1.82) is 0 Å². The van der Waals surface area contributed by atoms with E-state index in [4.69, 9.17) is 14.2 Å². The zero-order valence-electron chi connectivity index (χ0n) is 45.0. The summed E-state index contributed by atoms with van der Waals surface area (Å²) in [6.45, 7) is 13.1. The van der Waals surface area contributed by atoms with Crippen LogP contribution in [0.4, 0.5) is 4.79 Å². The molecule has 9 heteroatoms. The fourth-order valence-corrected chi connectivity index (χ4v) is 8.98. The topological polar surface area (TPSA) is 106 Å². The molecule has 0 aromatic heterocycles. The Morgan fingerprint density at radius 1 is 0.379 bits per heavy atom. The highest BCUT2D eigenvalue weighted by atomic mass is 16.6. The van der Waals surface area contributed by atoms with Gasteiger partial charge in [0.15, 0.2) is 0 Å². The van der Waals surface area contributed by atoms with Crippen LogP contribution >= 0.6 is 0 Å². The highest BCUT2D eigenvalue weighted by Crippen LogP contribution is 2.22. The van der Waals surface area contributed by atoms with E-state index in [1.54, 1.807) is 0 Å². The maximum atomic E-state index is 13.7. The lowest BCUT2D eigenvalue weighted by Crippen LogP contribution is -2.37. The molecule has 0 fully saturated rings. The van der Waals surface area contributed by atoms with Gasteiger partial charge in [0.2, 0.25) is 0 Å². The van der Waals surface area contributed by atoms with E-state index < -0.39 is 0 Å². The van der Waals surface area contributed by atoms with E-state index in [0.717, 1.165) is 167 Å². The monoisotopic (exact) mass is 937 g/mol. The average Bonchev–Trinajstić information content (AvgIpc) is 3.29. The predicted octanol–water partition coefficient (Wildman–Crippen LogP) is 16.2. The molecule has 1 N–H and O–H groups in total. The molecule has 66 heavy (non-hydrogen) atoms. The molecule has 0 aliphatic carbocycles. The van der Waals surface area contributed by atoms with Crippen molar-refractivity contribution in [3.63, 3.8) is 0 Å². The molecular formula is C57H112N2O7. The van der Waals surface area contributed by atoms with Crippen LogP contribution in [0.25, 0.3) is 0 Å². The van der Waals surface area contributed by atoms with Gasteiger partial charge in [-0.15, -0.1) is 0 Å². The molecular weight excluding hydrogens is 825 g/mol. The van der Waals surface area contributed by atoms with Crippen molar-refractivity contribution >= 4 is 18.0 Å². The number of aliphatic hydroxyl groups is 1. The van der Waals surface area contributed by atoms with Crippen molar-refractivity contribution < 1.29 is 33.7 Å². The van der Waals surface area contributed by atoms with E-state index in [0.29, 0.717) is 32.4 Å². The van der Waals surface area contributed by atoms with Crippen LogP contribution in [0.2, 0.25) is 0 Å². The smallest absolute Gasteiger partial charge is 0.410 e. The summed E-state index contributed by atoms with van der Waals surface area (Å²) in [5, 5.41) is 10.2. The Bertz CT molecular complexity index is 991. The Labute approximate surface area is 409 Å². The van der Waals surface area contributed by atoms with E-state index in [1.165, 1.54) is 77.0 Å². The quantitative estimate of drug-likeness (QED) is 0.0365. The van der Waals surface area contributed by atoms with E-state index >= 15 is 0 Å². The minimum absolute atomic E-state index is 0.0158. The Balaban J connectivity index is 5.00. The third kappa shape index (κ3) is 42.2. The number of carbonyl (C=O) groups is 3. The van der Waals surface area contributed by atoms with Crippen molar-refractivity contribution in [3.8, 4) is 0 Å². The molecule has 9 nitrogen and oxygen atoms in total. The Kier molecular flexibility index (Phi) is 46.8. The number of rotatable bonds is 50. The molecule has 1 amide bonds. The molecule has 0 bridgehead atoms. The standard InChI is InChI=1S/C57H112N2O7/c1-8-13-17-29-40-52(41-30-18-14-9-2)64-55(61)46-35-27-23-21-25-33-44-54(66-57(63)59(50-38-48-58(6)7)49-37-39-51(60)12-5)45-34-26-22-24-28-36-47-56(62)65-53(42-31-19-15-10-3)43-32-20-16-11-4/h51-54,60H,8-50H2,1-7H3. The fraction of sp³-hybridized carbons (Fsp3) is 0.947. The van der Waals surface area contributed by atoms with Gasteiger partial charge in [0.1, 0.15) is 18.3 Å². The normalized spacial score (nSPS) is 12.2. The number of esters is 2. The van der Waals surface area contributed by atoms with Crippen LogP contribution in [0.3, 0.4) is 0 Å². The molecule has 1 unspecified atom stereocenters. The van der Waals surface area contributed by atoms with Crippen LogP contribution in [-0.4, -0.2) is 91.1 Å². The zero-order chi connectivity index (χ0) is 48.7. The number of hydrogen-bond donors (Lipinski definition) is 1. The minimum atomic E-state index is -0.329. The highest BCUT2D eigenvalue weighted by Gasteiger charge is 2.21. The second-order valence-electron chi connectivity index (χ2n) is 20.3. The lowest BCUT2D eigenvalue weighted by Gasteiger charge is -2.27. The number of carbonyl (C=O) groups excluding carboxylic acids is 3. The van der Waals surface area contributed by atoms with Gasteiger partial charge in [-0.3, -0.25) is 9.59 Å². The van der Waals surface area contributed by atoms with Crippen molar-refractivity contribution in [2.24, 2.45) is 0 Å². The first kappa shape index (κ1) is 64.1. The van der Waals surface area contributed by atoms with Crippen LogP contribution in [0, 0.1) is 0 Å². The Hall–Kier alpha value is -1.87.